The Bertz CT molecular complexity index is 755. The molecule has 6 heteroatoms. The van der Waals surface area contributed by atoms with Gasteiger partial charge in [-0.05, 0) is 24.3 Å². The monoisotopic (exact) mass is 348 g/mol. The molecule has 100 valence electrons. The smallest absolute Gasteiger partial charge is 0.153 e. The molecule has 0 aliphatic carbocycles. The van der Waals surface area contributed by atoms with Crippen molar-refractivity contribution in [3.05, 3.63) is 52.2 Å². The molecule has 2 aromatic heterocycles. The summed E-state index contributed by atoms with van der Waals surface area (Å²) >= 11 is 9.59. The lowest BCUT2D eigenvalue weighted by atomic mass is 10.0. The number of nitrogens with one attached hydrogen (secondary N) is 1. The lowest BCUT2D eigenvalue weighted by molar-refractivity contribution is 1.10. The van der Waals surface area contributed by atoms with E-state index in [0.717, 1.165) is 26.9 Å². The van der Waals surface area contributed by atoms with E-state index in [-0.39, 0.29) is 0 Å². The van der Waals surface area contributed by atoms with E-state index < -0.39 is 0 Å². The molecule has 2 heterocycles. The second-order valence-corrected chi connectivity index (χ2v) is 5.52. The van der Waals surface area contributed by atoms with Crippen LogP contribution in [-0.4, -0.2) is 15.2 Å². The molecule has 0 bridgehead atoms. The summed E-state index contributed by atoms with van der Waals surface area (Å²) in [6.07, 6.45) is 3.47. The number of nitrogen functional groups attached to an aromatic ring is 1. The second-order valence-electron chi connectivity index (χ2n) is 4.22. The molecular weight excluding hydrogens is 340 g/mol. The highest BCUT2D eigenvalue weighted by Gasteiger charge is 2.17. The van der Waals surface area contributed by atoms with Gasteiger partial charge in [0.25, 0.3) is 0 Å². The molecule has 20 heavy (non-hydrogen) atoms. The van der Waals surface area contributed by atoms with Crippen molar-refractivity contribution in [3.8, 4) is 22.4 Å². The van der Waals surface area contributed by atoms with Crippen molar-refractivity contribution in [2.24, 2.45) is 0 Å². The quantitative estimate of drug-likeness (QED) is 0.730. The predicted molar refractivity (Wildman–Crippen MR) is 84.4 cm³/mol. The summed E-state index contributed by atoms with van der Waals surface area (Å²) in [4.78, 5) is 4.12. The van der Waals surface area contributed by atoms with Crippen molar-refractivity contribution in [3.63, 3.8) is 0 Å². The first kappa shape index (κ1) is 13.1. The fourth-order valence-corrected chi connectivity index (χ4v) is 2.66. The van der Waals surface area contributed by atoms with Gasteiger partial charge < -0.3 is 5.73 Å². The van der Waals surface area contributed by atoms with Crippen LogP contribution in [0.25, 0.3) is 22.4 Å². The maximum atomic E-state index is 6.07. The van der Waals surface area contributed by atoms with Crippen LogP contribution in [0, 0.1) is 0 Å². The lowest BCUT2D eigenvalue weighted by Crippen LogP contribution is -1.89. The van der Waals surface area contributed by atoms with E-state index >= 15 is 0 Å². The number of anilines is 1. The minimum Gasteiger partial charge on any atom is -0.382 e. The third kappa shape index (κ3) is 2.30. The van der Waals surface area contributed by atoms with Crippen LogP contribution in [0.3, 0.4) is 0 Å². The van der Waals surface area contributed by atoms with E-state index in [0.29, 0.717) is 10.8 Å². The Morgan fingerprint density at radius 1 is 1.25 bits per heavy atom. The minimum atomic E-state index is 0.430. The Labute approximate surface area is 129 Å². The molecule has 4 nitrogen and oxygen atoms in total. The van der Waals surface area contributed by atoms with Crippen LogP contribution in [0.15, 0.2) is 47.2 Å². The van der Waals surface area contributed by atoms with Gasteiger partial charge in [0.15, 0.2) is 5.82 Å². The zero-order chi connectivity index (χ0) is 14.1. The van der Waals surface area contributed by atoms with Crippen LogP contribution in [0.5, 0.6) is 0 Å². The van der Waals surface area contributed by atoms with Crippen LogP contribution in [0.4, 0.5) is 5.82 Å². The van der Waals surface area contributed by atoms with Crippen molar-refractivity contribution in [2.75, 3.05) is 5.73 Å². The Morgan fingerprint density at radius 2 is 2.10 bits per heavy atom. The fraction of sp³-hybridized carbons (Fsp3) is 0. The normalized spacial score (nSPS) is 10.7. The van der Waals surface area contributed by atoms with Gasteiger partial charge in [0.1, 0.15) is 0 Å². The molecule has 3 aromatic rings. The second kappa shape index (κ2) is 5.26. The number of pyridine rings is 1. The number of rotatable bonds is 2. The first-order valence-corrected chi connectivity index (χ1v) is 7.03. The fourth-order valence-electron chi connectivity index (χ4n) is 2.04. The summed E-state index contributed by atoms with van der Waals surface area (Å²) in [7, 11) is 0. The van der Waals surface area contributed by atoms with Gasteiger partial charge in [0.05, 0.1) is 11.3 Å². The maximum Gasteiger partial charge on any atom is 0.153 e. The molecule has 0 aliphatic rings. The molecule has 0 atom stereocenters. The molecule has 3 rings (SSSR count). The number of nitrogens with two attached hydrogens (primary N) is 1. The van der Waals surface area contributed by atoms with Crippen LogP contribution < -0.4 is 5.73 Å². The summed E-state index contributed by atoms with van der Waals surface area (Å²) in [5, 5.41) is 7.71. The van der Waals surface area contributed by atoms with Crippen LogP contribution in [0.2, 0.25) is 5.02 Å². The molecule has 1 aromatic carbocycles. The van der Waals surface area contributed by atoms with Crippen molar-refractivity contribution < 1.29 is 0 Å². The van der Waals surface area contributed by atoms with E-state index in [2.05, 4.69) is 31.1 Å². The Kier molecular flexibility index (Phi) is 3.46. The molecule has 0 radical (unpaired) electrons. The van der Waals surface area contributed by atoms with Crippen molar-refractivity contribution in [1.82, 2.24) is 15.2 Å². The van der Waals surface area contributed by atoms with Crippen LogP contribution in [0.1, 0.15) is 0 Å². The summed E-state index contributed by atoms with van der Waals surface area (Å²) in [5.41, 5.74) is 9.42. The molecule has 0 saturated carbocycles. The van der Waals surface area contributed by atoms with Gasteiger partial charge in [-0.2, -0.15) is 5.10 Å². The maximum absolute atomic E-state index is 6.07. The number of hydrogen-bond donors (Lipinski definition) is 2. The van der Waals surface area contributed by atoms with E-state index in [1.807, 2.05) is 30.3 Å². The standard InChI is InChI=1S/C14H10BrClN4/c15-11-4-3-9(16)6-10(11)13-12(14(17)20-19-13)8-2-1-5-18-7-8/h1-7H,(H3,17,19,20). The molecule has 0 unspecified atom stereocenters. The number of H-pyrrole nitrogens is 1. The molecule has 0 spiro atoms. The third-order valence-corrected chi connectivity index (χ3v) is 3.87. The predicted octanol–water partition coefficient (Wildman–Crippen LogP) is 4.14. The summed E-state index contributed by atoms with van der Waals surface area (Å²) in [6.45, 7) is 0. The van der Waals surface area contributed by atoms with Crippen LogP contribution in [-0.2, 0) is 0 Å². The average Bonchev–Trinajstić information content (AvgIpc) is 2.84. The van der Waals surface area contributed by atoms with E-state index in [4.69, 9.17) is 17.3 Å². The number of aromatic amines is 1. The Hall–Kier alpha value is -1.85. The number of aromatic nitrogens is 3. The first-order chi connectivity index (χ1) is 9.66. The molecule has 3 N–H and O–H groups in total. The number of halogens is 2. The Balaban J connectivity index is 2.24. The van der Waals surface area contributed by atoms with Crippen molar-refractivity contribution in [1.29, 1.82) is 0 Å². The van der Waals surface area contributed by atoms with Gasteiger partial charge in [-0.1, -0.05) is 33.6 Å². The van der Waals surface area contributed by atoms with Gasteiger partial charge in [0, 0.05) is 33.0 Å². The van der Waals surface area contributed by atoms with Gasteiger partial charge in [-0.25, -0.2) is 0 Å². The zero-order valence-electron chi connectivity index (χ0n) is 10.3. The number of hydrogen-bond acceptors (Lipinski definition) is 3. The van der Waals surface area contributed by atoms with Crippen LogP contribution >= 0.6 is 27.5 Å². The highest BCUT2D eigenvalue weighted by atomic mass is 79.9. The SMILES string of the molecule is Nc1n[nH]c(-c2cc(Cl)ccc2Br)c1-c1cccnc1. The lowest BCUT2D eigenvalue weighted by Gasteiger charge is -2.07. The number of benzene rings is 1. The highest BCUT2D eigenvalue weighted by Crippen LogP contribution is 2.38. The number of nitrogens with zero attached hydrogens (tertiary/aromatic N) is 2. The van der Waals surface area contributed by atoms with Crippen molar-refractivity contribution >= 4 is 33.3 Å². The molecule has 0 fully saturated rings. The largest absolute Gasteiger partial charge is 0.382 e. The van der Waals surface area contributed by atoms with E-state index in [9.17, 15) is 0 Å². The van der Waals surface area contributed by atoms with Gasteiger partial charge in [-0.15, -0.1) is 0 Å². The molecule has 0 saturated heterocycles. The molecule has 0 aliphatic heterocycles. The Morgan fingerprint density at radius 3 is 2.85 bits per heavy atom. The summed E-state index contributed by atoms with van der Waals surface area (Å²) in [6, 6.07) is 9.37. The topological polar surface area (TPSA) is 67.6 Å². The molecular formula is C14H10BrClN4. The average molecular weight is 350 g/mol. The van der Waals surface area contributed by atoms with Gasteiger partial charge >= 0.3 is 0 Å². The van der Waals surface area contributed by atoms with E-state index in [1.54, 1.807) is 12.4 Å². The minimum absolute atomic E-state index is 0.430. The first-order valence-electron chi connectivity index (χ1n) is 5.86. The summed E-state index contributed by atoms with van der Waals surface area (Å²) < 4.78 is 0.913. The van der Waals surface area contributed by atoms with Gasteiger partial charge in [-0.3, -0.25) is 10.1 Å². The molecule has 0 amide bonds. The third-order valence-electron chi connectivity index (χ3n) is 2.94. The van der Waals surface area contributed by atoms with Crippen molar-refractivity contribution in [2.45, 2.75) is 0 Å². The van der Waals surface area contributed by atoms with Gasteiger partial charge in [0.2, 0.25) is 0 Å². The van der Waals surface area contributed by atoms with E-state index in [1.165, 1.54) is 0 Å². The summed E-state index contributed by atoms with van der Waals surface area (Å²) in [5.74, 6) is 0.430. The highest BCUT2D eigenvalue weighted by molar-refractivity contribution is 9.10. The zero-order valence-corrected chi connectivity index (χ0v) is 12.6.